The Morgan fingerprint density at radius 3 is 1.92 bits per heavy atom. The fourth-order valence-corrected chi connectivity index (χ4v) is 2.90. The van der Waals surface area contributed by atoms with Crippen LogP contribution in [-0.4, -0.2) is 18.0 Å². The van der Waals surface area contributed by atoms with Crippen LogP contribution < -0.4 is 9.47 Å². The summed E-state index contributed by atoms with van der Waals surface area (Å²) in [6.45, 7) is -0.116. The molecule has 0 aromatic heterocycles. The summed E-state index contributed by atoms with van der Waals surface area (Å²) >= 11 is 35.6. The van der Waals surface area contributed by atoms with Gasteiger partial charge in [0.25, 0.3) is 0 Å². The Bertz CT molecular complexity index is 722. The topological polar surface area (TPSA) is 35.5 Å². The Hall–Kier alpha value is -0.550. The maximum Gasteiger partial charge on any atom is 0.333 e. The van der Waals surface area contributed by atoms with E-state index in [2.05, 4.69) is 0 Å². The van der Waals surface area contributed by atoms with Crippen LogP contribution in [0.3, 0.4) is 0 Å². The molecule has 0 saturated heterocycles. The molecule has 3 nitrogen and oxygen atoms in total. The van der Waals surface area contributed by atoms with Crippen LogP contribution in [-0.2, 0) is 4.79 Å². The largest absolute Gasteiger partial charge is 0.491 e. The number of rotatable bonds is 5. The van der Waals surface area contributed by atoms with Crippen molar-refractivity contribution in [2.45, 2.75) is 5.38 Å². The second-order valence-electron chi connectivity index (χ2n) is 4.41. The van der Waals surface area contributed by atoms with Gasteiger partial charge in [0, 0.05) is 0 Å². The zero-order valence-corrected chi connectivity index (χ0v) is 16.2. The number of benzene rings is 2. The van der Waals surface area contributed by atoms with E-state index in [1.165, 1.54) is 0 Å². The third-order valence-electron chi connectivity index (χ3n) is 2.77. The fourth-order valence-electron chi connectivity index (χ4n) is 1.59. The van der Waals surface area contributed by atoms with Gasteiger partial charge in [-0.1, -0.05) is 76.2 Å². The molecule has 0 aliphatic rings. The van der Waals surface area contributed by atoms with Gasteiger partial charge in [0.1, 0.15) is 22.4 Å². The highest BCUT2D eigenvalue weighted by molar-refractivity contribution is 6.55. The first-order valence-electron chi connectivity index (χ1n) is 6.38. The Morgan fingerprint density at radius 2 is 1.38 bits per heavy atom. The van der Waals surface area contributed by atoms with Crippen molar-refractivity contribution in [3.05, 3.63) is 55.4 Å². The van der Waals surface area contributed by atoms with Crippen molar-refractivity contribution in [2.75, 3.05) is 6.61 Å². The fraction of sp³-hybridized carbons (Fsp3) is 0.133. The van der Waals surface area contributed by atoms with E-state index in [0.29, 0.717) is 5.75 Å². The minimum Gasteiger partial charge on any atom is -0.491 e. The van der Waals surface area contributed by atoms with E-state index in [1.54, 1.807) is 24.3 Å². The van der Waals surface area contributed by atoms with Gasteiger partial charge >= 0.3 is 5.97 Å². The van der Waals surface area contributed by atoms with Crippen LogP contribution in [0.2, 0.25) is 25.1 Å². The Morgan fingerprint density at radius 1 is 0.875 bits per heavy atom. The number of alkyl halides is 1. The highest BCUT2D eigenvalue weighted by Crippen LogP contribution is 2.48. The summed E-state index contributed by atoms with van der Waals surface area (Å²) in [6, 6.07) is 8.85. The van der Waals surface area contributed by atoms with E-state index in [4.69, 9.17) is 79.1 Å². The molecule has 2 aromatic carbocycles. The van der Waals surface area contributed by atoms with E-state index in [1.807, 2.05) is 6.07 Å². The molecule has 2 rings (SSSR count). The quantitative estimate of drug-likeness (QED) is 0.171. The SMILES string of the molecule is O=C(Oc1c(Cl)c(Cl)c(Cl)c(Cl)c1Cl)[C@@H](Cl)COc1ccccc1. The van der Waals surface area contributed by atoms with Crippen LogP contribution in [0.5, 0.6) is 11.5 Å². The van der Waals surface area contributed by atoms with E-state index >= 15 is 0 Å². The lowest BCUT2D eigenvalue weighted by Gasteiger charge is -2.15. The monoisotopic (exact) mass is 446 g/mol. The van der Waals surface area contributed by atoms with Crippen LogP contribution in [0.25, 0.3) is 0 Å². The standard InChI is InChI=1S/C15H8Cl6O3/c16-8(6-23-7-4-2-1-3-5-7)15(22)24-14-12(20)10(18)9(17)11(19)13(14)21/h1-5,8H,6H2/t8-/m0/s1. The maximum absolute atomic E-state index is 12.1. The molecule has 1 atom stereocenters. The minimum atomic E-state index is -1.11. The molecule has 2 aromatic rings. The molecule has 0 radical (unpaired) electrons. The minimum absolute atomic E-state index is 0.0389. The summed E-state index contributed by atoms with van der Waals surface area (Å²) < 4.78 is 10.5. The van der Waals surface area contributed by atoms with Crippen molar-refractivity contribution in [2.24, 2.45) is 0 Å². The van der Waals surface area contributed by atoms with Gasteiger partial charge in [-0.3, -0.25) is 0 Å². The number of para-hydroxylation sites is 1. The summed E-state index contributed by atoms with van der Waals surface area (Å²) in [4.78, 5) is 12.1. The lowest BCUT2D eigenvalue weighted by Crippen LogP contribution is -2.27. The van der Waals surface area contributed by atoms with Crippen LogP contribution in [0, 0.1) is 0 Å². The van der Waals surface area contributed by atoms with Crippen molar-refractivity contribution in [1.29, 1.82) is 0 Å². The molecule has 0 bridgehead atoms. The molecule has 0 aliphatic heterocycles. The Kier molecular flexibility index (Phi) is 7.17. The molecule has 0 aliphatic carbocycles. The van der Waals surface area contributed by atoms with Crippen molar-refractivity contribution >= 4 is 75.6 Å². The zero-order valence-electron chi connectivity index (χ0n) is 11.7. The third-order valence-corrected chi connectivity index (χ3v) is 5.31. The van der Waals surface area contributed by atoms with Gasteiger partial charge in [-0.15, -0.1) is 11.6 Å². The summed E-state index contributed by atoms with van der Waals surface area (Å²) in [5.74, 6) is -0.483. The van der Waals surface area contributed by atoms with Gasteiger partial charge in [-0.05, 0) is 12.1 Å². The average molecular weight is 449 g/mol. The predicted molar refractivity (Wildman–Crippen MR) is 98.7 cm³/mol. The summed E-state index contributed by atoms with van der Waals surface area (Å²) in [6.07, 6.45) is 0. The van der Waals surface area contributed by atoms with Crippen molar-refractivity contribution in [1.82, 2.24) is 0 Å². The Labute approximate surface area is 168 Å². The molecule has 0 fully saturated rings. The predicted octanol–water partition coefficient (Wildman–Crippen LogP) is 6.55. The second kappa shape index (κ2) is 8.70. The van der Waals surface area contributed by atoms with E-state index in [9.17, 15) is 4.79 Å². The molecule has 0 N–H and O–H groups in total. The molecule has 0 amide bonds. The number of carbonyl (C=O) groups excluding carboxylic acids is 1. The van der Waals surface area contributed by atoms with Gasteiger partial charge in [-0.25, -0.2) is 4.79 Å². The number of hydrogen-bond donors (Lipinski definition) is 0. The van der Waals surface area contributed by atoms with Gasteiger partial charge in [0.15, 0.2) is 11.1 Å². The highest BCUT2D eigenvalue weighted by Gasteiger charge is 2.26. The Balaban J connectivity index is 2.09. The lowest BCUT2D eigenvalue weighted by atomic mass is 10.3. The van der Waals surface area contributed by atoms with Gasteiger partial charge < -0.3 is 9.47 Å². The first kappa shape index (κ1) is 19.8. The third kappa shape index (κ3) is 4.54. The van der Waals surface area contributed by atoms with Crippen molar-refractivity contribution in [3.63, 3.8) is 0 Å². The number of ether oxygens (including phenoxy) is 2. The first-order chi connectivity index (χ1) is 11.3. The molecule has 0 heterocycles. The highest BCUT2D eigenvalue weighted by atomic mass is 35.5. The van der Waals surface area contributed by atoms with E-state index in [0.717, 1.165) is 0 Å². The molecule has 0 unspecified atom stereocenters. The van der Waals surface area contributed by atoms with Crippen LogP contribution in [0.15, 0.2) is 30.3 Å². The summed E-state index contributed by atoms with van der Waals surface area (Å²) in [5.41, 5.74) is 0. The van der Waals surface area contributed by atoms with Crippen LogP contribution >= 0.6 is 69.6 Å². The van der Waals surface area contributed by atoms with Gasteiger partial charge in [0.05, 0.1) is 15.1 Å². The number of hydrogen-bond acceptors (Lipinski definition) is 3. The first-order valence-corrected chi connectivity index (χ1v) is 8.70. The van der Waals surface area contributed by atoms with Gasteiger partial charge in [0.2, 0.25) is 0 Å². The smallest absolute Gasteiger partial charge is 0.333 e. The lowest BCUT2D eigenvalue weighted by molar-refractivity contribution is -0.134. The molecule has 0 saturated carbocycles. The number of esters is 1. The van der Waals surface area contributed by atoms with Crippen molar-refractivity contribution in [3.8, 4) is 11.5 Å². The van der Waals surface area contributed by atoms with Crippen LogP contribution in [0.1, 0.15) is 0 Å². The molecular weight excluding hydrogens is 441 g/mol. The van der Waals surface area contributed by atoms with Crippen LogP contribution in [0.4, 0.5) is 0 Å². The molecule has 128 valence electrons. The average Bonchev–Trinajstić information content (AvgIpc) is 2.60. The van der Waals surface area contributed by atoms with E-state index < -0.39 is 11.3 Å². The summed E-state index contributed by atoms with van der Waals surface area (Å²) in [7, 11) is 0. The molecule has 0 spiro atoms. The molecule has 9 heteroatoms. The number of halogens is 6. The van der Waals surface area contributed by atoms with E-state index in [-0.39, 0.29) is 37.5 Å². The molecule has 24 heavy (non-hydrogen) atoms. The second-order valence-corrected chi connectivity index (χ2v) is 6.83. The summed E-state index contributed by atoms with van der Waals surface area (Å²) in [5, 5.41) is -1.59. The zero-order chi connectivity index (χ0) is 17.9. The maximum atomic E-state index is 12.1. The normalized spacial score (nSPS) is 11.9. The number of carbonyl (C=O) groups is 1. The van der Waals surface area contributed by atoms with Gasteiger partial charge in [-0.2, -0.15) is 0 Å². The molecular formula is C15H8Cl6O3. The van der Waals surface area contributed by atoms with Crippen molar-refractivity contribution < 1.29 is 14.3 Å².